The molecule has 0 bridgehead atoms. The zero-order valence-corrected chi connectivity index (χ0v) is 5.31. The molecule has 1 unspecified atom stereocenters. The maximum Gasteiger partial charge on any atom is 0.174 e. The van der Waals surface area contributed by atoms with Gasteiger partial charge in [0.05, 0.1) is 19.3 Å². The highest BCUT2D eigenvalue weighted by atomic mass is 16.5. The fourth-order valence-electron chi connectivity index (χ4n) is 1.42. The molecular weight excluding hydrogens is 118 g/mol. The summed E-state index contributed by atoms with van der Waals surface area (Å²) in [6.45, 7) is 3.04. The Hall–Kier alpha value is -0.410. The van der Waals surface area contributed by atoms with Crippen LogP contribution in [-0.4, -0.2) is 30.6 Å². The molecule has 0 aromatic heterocycles. The number of ether oxygens (including phenoxy) is 1. The Morgan fingerprint density at radius 2 is 2.44 bits per heavy atom. The van der Waals surface area contributed by atoms with Crippen molar-refractivity contribution < 1.29 is 9.53 Å². The van der Waals surface area contributed by atoms with Crippen LogP contribution in [0.25, 0.3) is 0 Å². The van der Waals surface area contributed by atoms with Gasteiger partial charge in [-0.1, -0.05) is 0 Å². The highest BCUT2D eigenvalue weighted by molar-refractivity contribution is 5.99. The minimum absolute atomic E-state index is 0.0638. The smallest absolute Gasteiger partial charge is 0.174 e. The van der Waals surface area contributed by atoms with Crippen molar-refractivity contribution in [1.29, 1.82) is 0 Å². The van der Waals surface area contributed by atoms with E-state index in [9.17, 15) is 4.79 Å². The molecule has 2 fully saturated rings. The zero-order chi connectivity index (χ0) is 6.48. The van der Waals surface area contributed by atoms with Crippen molar-refractivity contribution in [3.05, 3.63) is 0 Å². The molecule has 1 spiro atoms. The molecule has 1 N–H and O–H groups in total. The lowest BCUT2D eigenvalue weighted by Gasteiger charge is -2.51. The standard InChI is InChI=1S/C6H9NO2/c1-4-5(8)6(7-4)2-9-3-6/h4,7H,2-3H2,1H3. The van der Waals surface area contributed by atoms with Gasteiger partial charge in [-0.25, -0.2) is 0 Å². The van der Waals surface area contributed by atoms with Gasteiger partial charge in [-0.15, -0.1) is 0 Å². The summed E-state index contributed by atoms with van der Waals surface area (Å²) >= 11 is 0. The SMILES string of the molecule is CC1NC2(COC2)C1=O. The van der Waals surface area contributed by atoms with Crippen molar-refractivity contribution >= 4 is 5.78 Å². The van der Waals surface area contributed by atoms with E-state index in [0.29, 0.717) is 19.0 Å². The Bertz CT molecular complexity index is 162. The maximum absolute atomic E-state index is 11.0. The first-order valence-corrected chi connectivity index (χ1v) is 3.14. The van der Waals surface area contributed by atoms with Crippen LogP contribution in [-0.2, 0) is 9.53 Å². The second kappa shape index (κ2) is 1.36. The van der Waals surface area contributed by atoms with E-state index in [1.54, 1.807) is 0 Å². The van der Waals surface area contributed by atoms with Crippen LogP contribution in [0.5, 0.6) is 0 Å². The van der Waals surface area contributed by atoms with Crippen molar-refractivity contribution in [2.75, 3.05) is 13.2 Å². The summed E-state index contributed by atoms with van der Waals surface area (Å²) in [5.74, 6) is 0.314. The van der Waals surface area contributed by atoms with Crippen molar-refractivity contribution in [2.24, 2.45) is 0 Å². The number of rotatable bonds is 0. The summed E-state index contributed by atoms with van der Waals surface area (Å²) in [7, 11) is 0. The normalized spacial score (nSPS) is 37.9. The van der Waals surface area contributed by atoms with Crippen LogP contribution in [0.4, 0.5) is 0 Å². The van der Waals surface area contributed by atoms with E-state index in [1.165, 1.54) is 0 Å². The fraction of sp³-hybridized carbons (Fsp3) is 0.833. The van der Waals surface area contributed by atoms with Crippen LogP contribution < -0.4 is 5.32 Å². The van der Waals surface area contributed by atoms with Crippen molar-refractivity contribution in [3.63, 3.8) is 0 Å². The van der Waals surface area contributed by atoms with Crippen LogP contribution in [0.15, 0.2) is 0 Å². The van der Waals surface area contributed by atoms with E-state index in [-0.39, 0.29) is 11.6 Å². The molecule has 0 amide bonds. The third kappa shape index (κ3) is 0.465. The van der Waals surface area contributed by atoms with E-state index in [2.05, 4.69) is 5.32 Å². The molecule has 9 heavy (non-hydrogen) atoms. The van der Waals surface area contributed by atoms with E-state index < -0.39 is 0 Å². The molecule has 0 aliphatic carbocycles. The molecular formula is C6H9NO2. The summed E-state index contributed by atoms with van der Waals surface area (Å²) in [6, 6.07) is 0.0638. The van der Waals surface area contributed by atoms with Gasteiger partial charge in [0, 0.05) is 0 Å². The Labute approximate surface area is 53.4 Å². The van der Waals surface area contributed by atoms with Crippen LogP contribution in [0.1, 0.15) is 6.92 Å². The van der Waals surface area contributed by atoms with Crippen LogP contribution in [0.2, 0.25) is 0 Å². The van der Waals surface area contributed by atoms with Crippen molar-refractivity contribution in [3.8, 4) is 0 Å². The van der Waals surface area contributed by atoms with Crippen molar-refractivity contribution in [1.82, 2.24) is 5.32 Å². The van der Waals surface area contributed by atoms with Gasteiger partial charge in [0.25, 0.3) is 0 Å². The van der Waals surface area contributed by atoms with Gasteiger partial charge < -0.3 is 4.74 Å². The highest BCUT2D eigenvalue weighted by Gasteiger charge is 2.55. The molecule has 1 atom stereocenters. The average Bonchev–Trinajstić information content (AvgIpc) is 1.77. The largest absolute Gasteiger partial charge is 0.376 e. The number of ketones is 1. The summed E-state index contributed by atoms with van der Waals surface area (Å²) in [5.41, 5.74) is -0.237. The fourth-order valence-corrected chi connectivity index (χ4v) is 1.42. The molecule has 0 saturated carbocycles. The Morgan fingerprint density at radius 1 is 1.78 bits per heavy atom. The number of hydrogen-bond donors (Lipinski definition) is 1. The Balaban J connectivity index is 2.10. The van der Waals surface area contributed by atoms with E-state index >= 15 is 0 Å². The first-order chi connectivity index (χ1) is 4.25. The predicted octanol–water partition coefficient (Wildman–Crippen LogP) is -0.684. The van der Waals surface area contributed by atoms with Gasteiger partial charge in [-0.05, 0) is 6.92 Å². The molecule has 2 aliphatic heterocycles. The molecule has 0 aromatic carbocycles. The summed E-state index contributed by atoms with van der Waals surface area (Å²) in [6.07, 6.45) is 0. The van der Waals surface area contributed by atoms with Crippen LogP contribution in [0, 0.1) is 0 Å². The quantitative estimate of drug-likeness (QED) is 0.468. The second-order valence-electron chi connectivity index (χ2n) is 2.81. The first-order valence-electron chi connectivity index (χ1n) is 3.14. The number of Topliss-reactive ketones (excluding diaryl/α,β-unsaturated/α-hetero) is 1. The molecule has 0 aromatic rings. The maximum atomic E-state index is 11.0. The lowest BCUT2D eigenvalue weighted by Crippen LogP contribution is -2.80. The van der Waals surface area contributed by atoms with Gasteiger partial charge in [-0.3, -0.25) is 10.1 Å². The minimum atomic E-state index is -0.237. The number of hydrogen-bond acceptors (Lipinski definition) is 3. The third-order valence-electron chi connectivity index (χ3n) is 2.05. The lowest BCUT2D eigenvalue weighted by molar-refractivity contribution is -0.165. The number of carbonyl (C=O) groups excluding carboxylic acids is 1. The first kappa shape index (κ1) is 5.38. The second-order valence-corrected chi connectivity index (χ2v) is 2.81. The number of carbonyl (C=O) groups is 1. The topological polar surface area (TPSA) is 38.3 Å². The summed E-state index contributed by atoms with van der Waals surface area (Å²) in [4.78, 5) is 11.0. The van der Waals surface area contributed by atoms with Crippen LogP contribution in [0.3, 0.4) is 0 Å². The Morgan fingerprint density at radius 3 is 2.56 bits per heavy atom. The molecule has 2 aliphatic rings. The predicted molar refractivity (Wildman–Crippen MR) is 31.2 cm³/mol. The third-order valence-corrected chi connectivity index (χ3v) is 2.05. The monoisotopic (exact) mass is 127 g/mol. The molecule has 3 heteroatoms. The van der Waals surface area contributed by atoms with E-state index in [4.69, 9.17) is 4.74 Å². The number of nitrogens with one attached hydrogen (secondary N) is 1. The van der Waals surface area contributed by atoms with Gasteiger partial charge in [0.1, 0.15) is 5.54 Å². The summed E-state index contributed by atoms with van der Waals surface area (Å²) < 4.78 is 4.92. The molecule has 0 radical (unpaired) electrons. The van der Waals surface area contributed by atoms with Gasteiger partial charge >= 0.3 is 0 Å². The molecule has 50 valence electrons. The Kier molecular flexibility index (Phi) is 0.811. The van der Waals surface area contributed by atoms with Crippen molar-refractivity contribution in [2.45, 2.75) is 18.5 Å². The zero-order valence-electron chi connectivity index (χ0n) is 5.31. The van der Waals surface area contributed by atoms with Crippen LogP contribution >= 0.6 is 0 Å². The molecule has 2 heterocycles. The van der Waals surface area contributed by atoms with E-state index in [0.717, 1.165) is 0 Å². The average molecular weight is 127 g/mol. The minimum Gasteiger partial charge on any atom is -0.376 e. The lowest BCUT2D eigenvalue weighted by atomic mass is 9.79. The molecule has 3 nitrogen and oxygen atoms in total. The highest BCUT2D eigenvalue weighted by Crippen LogP contribution is 2.27. The summed E-state index contributed by atoms with van der Waals surface area (Å²) in [5, 5.41) is 3.13. The molecule has 2 rings (SSSR count). The van der Waals surface area contributed by atoms with Gasteiger partial charge in [0.2, 0.25) is 0 Å². The van der Waals surface area contributed by atoms with Gasteiger partial charge in [0.15, 0.2) is 5.78 Å². The van der Waals surface area contributed by atoms with E-state index in [1.807, 2.05) is 6.92 Å². The molecule has 2 saturated heterocycles. The van der Waals surface area contributed by atoms with Gasteiger partial charge in [-0.2, -0.15) is 0 Å².